The second kappa shape index (κ2) is 7.89. The van der Waals surface area contributed by atoms with Gasteiger partial charge in [0.2, 0.25) is 5.75 Å². The second-order valence-corrected chi connectivity index (χ2v) is 6.25. The highest BCUT2D eigenvalue weighted by atomic mass is 32.2. The highest BCUT2D eigenvalue weighted by Crippen LogP contribution is 2.20. The summed E-state index contributed by atoms with van der Waals surface area (Å²) in [6, 6.07) is 7.84. The predicted molar refractivity (Wildman–Crippen MR) is 79.8 cm³/mol. The third kappa shape index (κ3) is 5.39. The molecule has 3 nitrogen and oxygen atoms in total. The third-order valence-corrected chi connectivity index (χ3v) is 4.78. The number of hydrogen-bond donors (Lipinski definition) is 0. The number of carbonyl (C=O) groups excluding carboxylic acids is 1. The van der Waals surface area contributed by atoms with Gasteiger partial charge in [-0.25, -0.2) is 4.79 Å². The lowest BCUT2D eigenvalue weighted by Gasteiger charge is -2.08. The highest BCUT2D eigenvalue weighted by Gasteiger charge is 2.26. The maximum atomic E-state index is 11.7. The van der Waals surface area contributed by atoms with E-state index in [-0.39, 0.29) is 16.9 Å². The van der Waals surface area contributed by atoms with Crippen molar-refractivity contribution in [2.24, 2.45) is 0 Å². The van der Waals surface area contributed by atoms with Crippen molar-refractivity contribution in [2.75, 3.05) is 25.2 Å². The zero-order chi connectivity index (χ0) is 14.3. The molecule has 0 radical (unpaired) electrons. The van der Waals surface area contributed by atoms with Gasteiger partial charge >= 0.3 is 5.97 Å². The van der Waals surface area contributed by atoms with E-state index in [2.05, 4.69) is 6.58 Å². The molecule has 19 heavy (non-hydrogen) atoms. The van der Waals surface area contributed by atoms with E-state index in [0.717, 1.165) is 22.0 Å². The summed E-state index contributed by atoms with van der Waals surface area (Å²) in [4.78, 5) is 12.8. The van der Waals surface area contributed by atoms with Crippen molar-refractivity contribution in [1.82, 2.24) is 0 Å². The first-order chi connectivity index (χ1) is 9.06. The average Bonchev–Trinajstić information content (AvgIpc) is 2.38. The standard InChI is InChI=1S/C15H21O3S/c1-5-18-15(16)11-19(10-12(2)3)14-8-6-13(17-4)7-9-14/h6-9H,2,5,10-11H2,1,3-4H3/q+1. The smallest absolute Gasteiger partial charge is 0.356 e. The normalized spacial score (nSPS) is 11.7. The van der Waals surface area contributed by atoms with Crippen LogP contribution in [0.5, 0.6) is 5.75 Å². The van der Waals surface area contributed by atoms with Gasteiger partial charge in [-0.05, 0) is 43.7 Å². The van der Waals surface area contributed by atoms with Gasteiger partial charge in [0.15, 0.2) is 4.90 Å². The van der Waals surface area contributed by atoms with E-state index in [0.29, 0.717) is 12.4 Å². The van der Waals surface area contributed by atoms with Crippen molar-refractivity contribution < 1.29 is 14.3 Å². The number of hydrogen-bond acceptors (Lipinski definition) is 3. The van der Waals surface area contributed by atoms with E-state index in [1.54, 1.807) is 7.11 Å². The molecule has 0 N–H and O–H groups in total. The molecular formula is C15H21O3S+. The molecule has 4 heteroatoms. The lowest BCUT2D eigenvalue weighted by molar-refractivity contribution is -0.139. The minimum Gasteiger partial charge on any atom is -0.497 e. The Morgan fingerprint density at radius 2 is 1.89 bits per heavy atom. The van der Waals surface area contributed by atoms with Crippen LogP contribution in [0.4, 0.5) is 0 Å². The van der Waals surface area contributed by atoms with E-state index >= 15 is 0 Å². The first kappa shape index (κ1) is 15.6. The fourth-order valence-electron chi connectivity index (χ4n) is 1.63. The Balaban J connectivity index is 2.82. The van der Waals surface area contributed by atoms with Gasteiger partial charge in [0, 0.05) is 10.9 Å². The fraction of sp³-hybridized carbons (Fsp3) is 0.400. The molecule has 0 aliphatic carbocycles. The van der Waals surface area contributed by atoms with Gasteiger partial charge in [0.25, 0.3) is 0 Å². The van der Waals surface area contributed by atoms with Crippen LogP contribution >= 0.6 is 0 Å². The molecule has 0 fully saturated rings. The number of esters is 1. The Labute approximate surface area is 118 Å². The quantitative estimate of drug-likeness (QED) is 0.438. The van der Waals surface area contributed by atoms with Crippen LogP contribution in [0.1, 0.15) is 13.8 Å². The van der Waals surface area contributed by atoms with Crippen LogP contribution in [0.15, 0.2) is 41.3 Å². The molecule has 0 saturated heterocycles. The number of benzene rings is 1. The van der Waals surface area contributed by atoms with Crippen molar-refractivity contribution in [3.8, 4) is 5.75 Å². The molecule has 0 saturated carbocycles. The molecule has 0 spiro atoms. The monoisotopic (exact) mass is 281 g/mol. The zero-order valence-electron chi connectivity index (χ0n) is 11.8. The maximum Gasteiger partial charge on any atom is 0.356 e. The van der Waals surface area contributed by atoms with Crippen LogP contribution in [0.25, 0.3) is 0 Å². The SMILES string of the molecule is C=C(C)C[S+](CC(=O)OCC)c1ccc(OC)cc1. The average molecular weight is 281 g/mol. The summed E-state index contributed by atoms with van der Waals surface area (Å²) in [5.41, 5.74) is 1.07. The van der Waals surface area contributed by atoms with E-state index in [9.17, 15) is 4.79 Å². The third-order valence-electron chi connectivity index (χ3n) is 2.41. The summed E-state index contributed by atoms with van der Waals surface area (Å²) in [7, 11) is 1.45. The topological polar surface area (TPSA) is 35.5 Å². The van der Waals surface area contributed by atoms with Crippen molar-refractivity contribution in [1.29, 1.82) is 0 Å². The molecular weight excluding hydrogens is 260 g/mol. The van der Waals surface area contributed by atoms with Gasteiger partial charge in [-0.3, -0.25) is 0 Å². The molecule has 0 bridgehead atoms. The number of ether oxygens (including phenoxy) is 2. The van der Waals surface area contributed by atoms with Crippen LogP contribution in [0, 0.1) is 0 Å². The summed E-state index contributed by atoms with van der Waals surface area (Å²) in [6.07, 6.45) is 0. The van der Waals surface area contributed by atoms with E-state index < -0.39 is 0 Å². The van der Waals surface area contributed by atoms with Crippen molar-refractivity contribution in [2.45, 2.75) is 18.7 Å². The minimum atomic E-state index is -0.189. The summed E-state index contributed by atoms with van der Waals surface area (Å²) in [6.45, 7) is 8.16. The van der Waals surface area contributed by atoms with Gasteiger partial charge in [0.05, 0.1) is 13.7 Å². The predicted octanol–water partition coefficient (Wildman–Crippen LogP) is 2.81. The van der Waals surface area contributed by atoms with Gasteiger partial charge in [-0.1, -0.05) is 6.58 Å². The molecule has 0 heterocycles. The lowest BCUT2D eigenvalue weighted by Crippen LogP contribution is -2.22. The minimum absolute atomic E-state index is 0.150. The van der Waals surface area contributed by atoms with Crippen LogP contribution in [-0.4, -0.2) is 31.2 Å². The Morgan fingerprint density at radius 1 is 1.26 bits per heavy atom. The lowest BCUT2D eigenvalue weighted by atomic mass is 10.3. The fourth-order valence-corrected chi connectivity index (χ4v) is 3.55. The summed E-state index contributed by atoms with van der Waals surface area (Å²) < 4.78 is 10.2. The van der Waals surface area contributed by atoms with Crippen molar-refractivity contribution in [3.05, 3.63) is 36.4 Å². The maximum absolute atomic E-state index is 11.7. The first-order valence-electron chi connectivity index (χ1n) is 6.18. The Kier molecular flexibility index (Phi) is 6.50. The molecule has 0 aliphatic rings. The van der Waals surface area contributed by atoms with Gasteiger partial charge in [-0.2, -0.15) is 0 Å². The number of rotatable bonds is 7. The van der Waals surface area contributed by atoms with Crippen molar-refractivity contribution in [3.63, 3.8) is 0 Å². The highest BCUT2D eigenvalue weighted by molar-refractivity contribution is 7.97. The van der Waals surface area contributed by atoms with E-state index in [4.69, 9.17) is 9.47 Å². The Hall–Kier alpha value is -1.42. The van der Waals surface area contributed by atoms with Crippen molar-refractivity contribution >= 4 is 16.9 Å². The van der Waals surface area contributed by atoms with E-state index in [1.165, 1.54) is 0 Å². The van der Waals surface area contributed by atoms with Gasteiger partial charge in [0.1, 0.15) is 11.5 Å². The molecule has 0 amide bonds. The molecule has 1 aromatic carbocycles. The number of carbonyl (C=O) groups is 1. The van der Waals surface area contributed by atoms with Crippen LogP contribution in [0.3, 0.4) is 0 Å². The second-order valence-electron chi connectivity index (χ2n) is 4.22. The van der Waals surface area contributed by atoms with Gasteiger partial charge < -0.3 is 9.47 Å². The molecule has 1 aromatic rings. The largest absolute Gasteiger partial charge is 0.497 e. The summed E-state index contributed by atoms with van der Waals surface area (Å²) in [5, 5.41) is 0. The zero-order valence-corrected chi connectivity index (χ0v) is 12.6. The summed E-state index contributed by atoms with van der Waals surface area (Å²) in [5.74, 6) is 1.89. The van der Waals surface area contributed by atoms with Gasteiger partial charge in [-0.15, -0.1) is 0 Å². The first-order valence-corrected chi connectivity index (χ1v) is 7.74. The summed E-state index contributed by atoms with van der Waals surface area (Å²) >= 11 is 0. The molecule has 104 valence electrons. The van der Waals surface area contributed by atoms with Crippen LogP contribution in [0.2, 0.25) is 0 Å². The number of methoxy groups -OCH3 is 1. The van der Waals surface area contributed by atoms with Crippen LogP contribution in [-0.2, 0) is 20.4 Å². The Morgan fingerprint density at radius 3 is 2.37 bits per heavy atom. The molecule has 1 atom stereocenters. The van der Waals surface area contributed by atoms with Crippen LogP contribution < -0.4 is 4.74 Å². The molecule has 0 aromatic heterocycles. The Bertz CT molecular complexity index is 426. The molecule has 0 aliphatic heterocycles. The van der Waals surface area contributed by atoms with E-state index in [1.807, 2.05) is 38.1 Å². The molecule has 1 rings (SSSR count). The molecule has 1 unspecified atom stereocenters.